The number of hydrogen-bond acceptors (Lipinski definition) is 2. The first-order valence-corrected chi connectivity index (χ1v) is 6.43. The molecule has 2 aromatic carbocycles. The van der Waals surface area contributed by atoms with Crippen LogP contribution in [0.2, 0.25) is 0 Å². The Kier molecular flexibility index (Phi) is 4.73. The van der Waals surface area contributed by atoms with E-state index >= 15 is 0 Å². The third kappa shape index (κ3) is 3.95. The van der Waals surface area contributed by atoms with Crippen LogP contribution in [0, 0.1) is 22.7 Å². The van der Waals surface area contributed by atoms with E-state index in [0.717, 1.165) is 23.1 Å². The maximum Gasteiger partial charge on any atom is 0.251 e. The molecule has 0 aliphatic rings. The van der Waals surface area contributed by atoms with Gasteiger partial charge in [-0.25, -0.2) is 0 Å². The second-order valence-corrected chi connectivity index (χ2v) is 4.37. The number of rotatable bonds is 4. The molecule has 104 valence electrons. The first-order chi connectivity index (χ1) is 10.2. The predicted molar refractivity (Wildman–Crippen MR) is 83.2 cm³/mol. The van der Waals surface area contributed by atoms with E-state index in [1.165, 1.54) is 12.1 Å². The lowest BCUT2D eigenvalue weighted by atomic mass is 10.1. The molecule has 0 saturated carbocycles. The normalized spacial score (nSPS) is 9.33. The molecule has 0 aromatic heterocycles. The van der Waals surface area contributed by atoms with Crippen molar-refractivity contribution in [2.45, 2.75) is 6.42 Å². The van der Waals surface area contributed by atoms with Gasteiger partial charge in [0.05, 0.1) is 10.5 Å². The highest BCUT2D eigenvalue weighted by Gasteiger charge is 2.02. The zero-order valence-corrected chi connectivity index (χ0v) is 11.4. The van der Waals surface area contributed by atoms with E-state index in [1.807, 2.05) is 30.3 Å². The molecule has 0 bridgehead atoms. The largest absolute Gasteiger partial charge is 0.258 e. The van der Waals surface area contributed by atoms with Crippen LogP contribution in [-0.2, 0) is 6.42 Å². The van der Waals surface area contributed by atoms with Crippen molar-refractivity contribution >= 4 is 5.69 Å². The van der Waals surface area contributed by atoms with Crippen molar-refractivity contribution in [2.75, 3.05) is 0 Å². The molecule has 0 aliphatic carbocycles. The molecule has 0 radical (unpaired) electrons. The van der Waals surface area contributed by atoms with Crippen LogP contribution in [0.4, 0.5) is 5.69 Å². The van der Waals surface area contributed by atoms with Crippen molar-refractivity contribution in [2.24, 2.45) is 0 Å². The van der Waals surface area contributed by atoms with Crippen molar-refractivity contribution in [1.29, 1.82) is 0 Å². The molecule has 2 rings (SSSR count). The maximum absolute atomic E-state index is 10.6. The summed E-state index contributed by atoms with van der Waals surface area (Å²) in [6.07, 6.45) is 2.59. The Balaban J connectivity index is 2.10. The van der Waals surface area contributed by atoms with Crippen LogP contribution in [0.15, 0.2) is 61.2 Å². The fourth-order valence-electron chi connectivity index (χ4n) is 1.82. The average Bonchev–Trinajstić information content (AvgIpc) is 2.50. The monoisotopic (exact) mass is 278 g/mol. The smallest absolute Gasteiger partial charge is 0.251 e. The lowest BCUT2D eigenvalue weighted by Crippen LogP contribution is -1.88. The second-order valence-electron chi connectivity index (χ2n) is 4.37. The molecule has 0 fully saturated rings. The van der Waals surface area contributed by atoms with Gasteiger partial charge in [0.15, 0.2) is 0 Å². The first-order valence-electron chi connectivity index (χ1n) is 6.43. The minimum Gasteiger partial charge on any atom is -0.258 e. The van der Waals surface area contributed by atoms with Gasteiger partial charge < -0.3 is 0 Å². The van der Waals surface area contributed by atoms with Crippen LogP contribution < -0.4 is 0 Å². The van der Waals surface area contributed by atoms with E-state index in [2.05, 4.69) is 17.5 Å². The van der Waals surface area contributed by atoms with Crippen LogP contribution in [0.25, 0.3) is 4.85 Å². The first kappa shape index (κ1) is 14.4. The van der Waals surface area contributed by atoms with E-state index < -0.39 is 4.92 Å². The summed E-state index contributed by atoms with van der Waals surface area (Å²) in [5, 5.41) is 10.6. The molecule has 21 heavy (non-hydrogen) atoms. The molecule has 0 aliphatic heterocycles. The minimum absolute atomic E-state index is 0.0661. The number of nitro groups is 1. The average molecular weight is 278 g/mol. The van der Waals surface area contributed by atoms with Crippen molar-refractivity contribution in [3.8, 4) is 6.07 Å². The zero-order chi connectivity index (χ0) is 15.1. The van der Waals surface area contributed by atoms with Crippen LogP contribution in [0.1, 0.15) is 16.7 Å². The van der Waals surface area contributed by atoms with Crippen LogP contribution in [0.5, 0.6) is 0 Å². The molecular weight excluding hydrogens is 264 g/mol. The highest BCUT2D eigenvalue weighted by Crippen LogP contribution is 2.14. The number of nitrogens with zero attached hydrogens (tertiary/aromatic N) is 2. The van der Waals surface area contributed by atoms with Gasteiger partial charge in [-0.3, -0.25) is 10.1 Å². The molecule has 0 N–H and O–H groups in total. The Bertz CT molecular complexity index is 710. The van der Waals surface area contributed by atoms with Crippen molar-refractivity contribution in [3.05, 3.63) is 99.4 Å². The number of non-ortho nitro benzene ring substituents is 1. The summed E-state index contributed by atoms with van der Waals surface area (Å²) in [6, 6.07) is 17.0. The fraction of sp³-hybridized carbons (Fsp3) is 0.0588. The van der Waals surface area contributed by atoms with E-state index in [9.17, 15) is 10.1 Å². The summed E-state index contributed by atoms with van der Waals surface area (Å²) in [6.45, 7) is 5.35. The summed E-state index contributed by atoms with van der Waals surface area (Å²) in [5.41, 5.74) is 2.87. The van der Waals surface area contributed by atoms with Crippen molar-refractivity contribution in [3.63, 3.8) is 0 Å². The molecule has 2 aromatic rings. The molecule has 0 unspecified atom stereocenters. The SMILES string of the molecule is C=CCc1ccccc1C#[N+][CH-]c1ccc([N+](=O)[O-])cc1. The molecule has 0 spiro atoms. The predicted octanol–water partition coefficient (Wildman–Crippen LogP) is 4.21. The summed E-state index contributed by atoms with van der Waals surface area (Å²) in [7, 11) is 0. The quantitative estimate of drug-likeness (QED) is 0.364. The third-order valence-electron chi connectivity index (χ3n) is 2.88. The van der Waals surface area contributed by atoms with Crippen molar-refractivity contribution in [1.82, 2.24) is 0 Å². The second kappa shape index (κ2) is 6.92. The summed E-state index contributed by atoms with van der Waals surface area (Å²) < 4.78 is 0. The van der Waals surface area contributed by atoms with Crippen LogP contribution in [-0.4, -0.2) is 4.92 Å². The molecule has 0 atom stereocenters. The van der Waals surface area contributed by atoms with Gasteiger partial charge in [-0.15, -0.1) is 23.6 Å². The van der Waals surface area contributed by atoms with Crippen molar-refractivity contribution < 1.29 is 4.92 Å². The highest BCUT2D eigenvalue weighted by molar-refractivity contribution is 5.42. The van der Waals surface area contributed by atoms with Gasteiger partial charge in [-0.1, -0.05) is 35.9 Å². The third-order valence-corrected chi connectivity index (χ3v) is 2.88. The van der Waals surface area contributed by atoms with Gasteiger partial charge in [0.25, 0.3) is 5.69 Å². The Morgan fingerprint density at radius 2 is 1.95 bits per heavy atom. The molecule has 4 nitrogen and oxygen atoms in total. The number of benzene rings is 2. The minimum atomic E-state index is -0.426. The Hall–Kier alpha value is -3.06. The van der Waals surface area contributed by atoms with E-state index in [4.69, 9.17) is 0 Å². The number of nitro benzene ring substituents is 1. The Morgan fingerprint density at radius 3 is 2.62 bits per heavy atom. The standard InChI is InChI=1S/C17H14N2O2/c1-2-5-15-6-3-4-7-16(15)13-18-12-14-8-10-17(11-9-14)19(20)21/h2-4,6-12H,1,5H2. The van der Waals surface area contributed by atoms with Gasteiger partial charge in [0.2, 0.25) is 12.6 Å². The van der Waals surface area contributed by atoms with E-state index in [0.29, 0.717) is 0 Å². The molecule has 0 saturated heterocycles. The number of hydrogen-bond donors (Lipinski definition) is 0. The van der Waals surface area contributed by atoms with Gasteiger partial charge in [0.1, 0.15) is 0 Å². The Morgan fingerprint density at radius 1 is 1.24 bits per heavy atom. The van der Waals surface area contributed by atoms with Gasteiger partial charge in [-0.2, -0.15) is 0 Å². The fourth-order valence-corrected chi connectivity index (χ4v) is 1.82. The summed E-state index contributed by atoms with van der Waals surface area (Å²) in [5.74, 6) is 0. The highest BCUT2D eigenvalue weighted by atomic mass is 16.6. The lowest BCUT2D eigenvalue weighted by molar-refractivity contribution is -0.384. The van der Waals surface area contributed by atoms with E-state index in [-0.39, 0.29) is 5.69 Å². The molecule has 0 heterocycles. The topological polar surface area (TPSA) is 47.5 Å². The summed E-state index contributed by atoms with van der Waals surface area (Å²) >= 11 is 0. The van der Waals surface area contributed by atoms with Crippen LogP contribution in [0.3, 0.4) is 0 Å². The number of allylic oxidation sites excluding steroid dienone is 1. The van der Waals surface area contributed by atoms with Gasteiger partial charge >= 0.3 is 0 Å². The van der Waals surface area contributed by atoms with Gasteiger partial charge in [-0.05, 0) is 24.1 Å². The Labute approximate surface area is 123 Å². The lowest BCUT2D eigenvalue weighted by Gasteiger charge is -1.98. The van der Waals surface area contributed by atoms with E-state index in [1.54, 1.807) is 18.7 Å². The molecule has 0 amide bonds. The zero-order valence-electron chi connectivity index (χ0n) is 11.4. The van der Waals surface area contributed by atoms with Crippen LogP contribution >= 0.6 is 0 Å². The summed E-state index contributed by atoms with van der Waals surface area (Å²) in [4.78, 5) is 14.3. The maximum atomic E-state index is 10.6. The molecular formula is C17H14N2O2. The molecule has 4 heteroatoms. The van der Waals surface area contributed by atoms with Gasteiger partial charge in [0, 0.05) is 0 Å².